The maximum Gasteiger partial charge on any atom is 0.273 e. The van der Waals surface area contributed by atoms with Crippen LogP contribution in [0.15, 0.2) is 42.5 Å². The summed E-state index contributed by atoms with van der Waals surface area (Å²) in [6.07, 6.45) is 8.08. The van der Waals surface area contributed by atoms with Gasteiger partial charge in [-0.25, -0.2) is 0 Å². The molecule has 5 aliphatic heterocycles. The molecule has 1 aromatic heterocycles. The van der Waals surface area contributed by atoms with Crippen LogP contribution in [0.2, 0.25) is 0 Å². The third-order valence-electron chi connectivity index (χ3n) is 11.7. The molecule has 4 fully saturated rings. The number of hydrogen-bond acceptors (Lipinski definition) is 11. The lowest BCUT2D eigenvalue weighted by molar-refractivity contribution is -0.136. The van der Waals surface area contributed by atoms with Gasteiger partial charge in [0.2, 0.25) is 17.8 Å². The SMILES string of the molecule is NC(=O)c1nnc(N2CCCCC2)nc1Nc1ccc(C2CCN(CC3CCN(c4ccc5c(c4)CCN(C4CCC(=O)NC4=O)C5=O)C3)CC2)cc1. The van der Waals surface area contributed by atoms with Crippen LogP contribution in [-0.4, -0.2) is 107 Å². The van der Waals surface area contributed by atoms with Crippen molar-refractivity contribution in [3.05, 3.63) is 64.8 Å². The van der Waals surface area contributed by atoms with Crippen LogP contribution in [0.3, 0.4) is 0 Å². The van der Waals surface area contributed by atoms with E-state index in [1.165, 1.54) is 12.0 Å². The van der Waals surface area contributed by atoms with Gasteiger partial charge in [-0.05, 0) is 118 Å². The number of fused-ring (bicyclic) bond motifs is 1. The molecule has 2 aromatic carbocycles. The van der Waals surface area contributed by atoms with Crippen LogP contribution < -0.4 is 26.2 Å². The summed E-state index contributed by atoms with van der Waals surface area (Å²) in [5, 5.41) is 13.9. The Kier molecular flexibility index (Phi) is 9.95. The molecule has 14 nitrogen and oxygen atoms in total. The second kappa shape index (κ2) is 15.1. The number of primary amides is 1. The van der Waals surface area contributed by atoms with Crippen LogP contribution >= 0.6 is 0 Å². The minimum atomic E-state index is -0.663. The molecule has 0 radical (unpaired) electrons. The monoisotopic (exact) mass is 720 g/mol. The first kappa shape index (κ1) is 34.9. The van der Waals surface area contributed by atoms with Crippen LogP contribution in [0.5, 0.6) is 0 Å². The number of nitrogens with zero attached hydrogens (tertiary/aromatic N) is 7. The lowest BCUT2D eigenvalue weighted by Gasteiger charge is -2.36. The number of piperidine rings is 3. The Hall–Kier alpha value is -5.11. The maximum absolute atomic E-state index is 13.4. The van der Waals surface area contributed by atoms with E-state index in [1.54, 1.807) is 4.90 Å². The van der Waals surface area contributed by atoms with Gasteiger partial charge in [0.05, 0.1) is 0 Å². The Morgan fingerprint density at radius 1 is 0.849 bits per heavy atom. The number of imide groups is 1. The summed E-state index contributed by atoms with van der Waals surface area (Å²) in [7, 11) is 0. The van der Waals surface area contributed by atoms with Crippen LogP contribution in [0.4, 0.5) is 23.1 Å². The van der Waals surface area contributed by atoms with Gasteiger partial charge in [-0.15, -0.1) is 10.2 Å². The summed E-state index contributed by atoms with van der Waals surface area (Å²) in [4.78, 5) is 62.9. The van der Waals surface area contributed by atoms with Gasteiger partial charge in [0.15, 0.2) is 11.5 Å². The average molecular weight is 721 g/mol. The smallest absolute Gasteiger partial charge is 0.273 e. The lowest BCUT2D eigenvalue weighted by atomic mass is 9.89. The summed E-state index contributed by atoms with van der Waals surface area (Å²) < 4.78 is 0. The minimum Gasteiger partial charge on any atom is -0.371 e. The zero-order chi connectivity index (χ0) is 36.5. The second-order valence-corrected chi connectivity index (χ2v) is 15.2. The normalized spacial score (nSPS) is 22.9. The standard InChI is InChI=1S/C39H48N10O4/c40-35(51)34-36(43-39(45-44-34)47-16-2-1-3-17-47)41-29-6-4-26(5-7-29)27-13-18-46(19-14-27)23-25-12-20-48(24-25)30-8-9-31-28(22-30)15-21-49(38(31)53)32-10-11-33(50)42-37(32)52/h4-9,22,25,27,32H,1-3,10-21,23-24H2,(H2,40,51)(H,41,43,45)(H,42,50,52). The van der Waals surface area contributed by atoms with Crippen molar-refractivity contribution in [2.45, 2.75) is 69.7 Å². The number of aromatic nitrogens is 3. The van der Waals surface area contributed by atoms with Gasteiger partial charge in [0.25, 0.3) is 11.8 Å². The van der Waals surface area contributed by atoms with E-state index >= 15 is 0 Å². The zero-order valence-corrected chi connectivity index (χ0v) is 30.1. The van der Waals surface area contributed by atoms with Crippen LogP contribution in [0, 0.1) is 5.92 Å². The molecule has 3 aromatic rings. The van der Waals surface area contributed by atoms with Crippen molar-refractivity contribution in [3.8, 4) is 0 Å². The molecule has 4 N–H and O–H groups in total. The highest BCUT2D eigenvalue weighted by atomic mass is 16.2. The van der Waals surface area contributed by atoms with Crippen LogP contribution in [0.25, 0.3) is 0 Å². The molecule has 4 amide bonds. The van der Waals surface area contributed by atoms with Crippen molar-refractivity contribution in [2.24, 2.45) is 11.7 Å². The number of rotatable bonds is 9. The predicted octanol–water partition coefficient (Wildman–Crippen LogP) is 3.21. The molecule has 2 atom stereocenters. The van der Waals surface area contributed by atoms with Gasteiger partial charge in [-0.1, -0.05) is 12.1 Å². The van der Waals surface area contributed by atoms with Crippen molar-refractivity contribution >= 4 is 46.8 Å². The first-order chi connectivity index (χ1) is 25.8. The van der Waals surface area contributed by atoms with Crippen LogP contribution in [-0.2, 0) is 16.0 Å². The highest BCUT2D eigenvalue weighted by Crippen LogP contribution is 2.33. The minimum absolute atomic E-state index is 0.0341. The first-order valence-corrected chi connectivity index (χ1v) is 19.2. The molecule has 0 spiro atoms. The average Bonchev–Trinajstić information content (AvgIpc) is 3.64. The fraction of sp³-hybridized carbons (Fsp3) is 0.513. The Bertz CT molecular complexity index is 1870. The van der Waals surface area contributed by atoms with Gasteiger partial charge in [0, 0.05) is 62.6 Å². The van der Waals surface area contributed by atoms with Crippen molar-refractivity contribution < 1.29 is 19.2 Å². The van der Waals surface area contributed by atoms with Gasteiger partial charge in [-0.2, -0.15) is 4.98 Å². The topological polar surface area (TPSA) is 170 Å². The Morgan fingerprint density at radius 2 is 1.64 bits per heavy atom. The molecular weight excluding hydrogens is 672 g/mol. The molecule has 4 saturated heterocycles. The lowest BCUT2D eigenvalue weighted by Crippen LogP contribution is -2.55. The van der Waals surface area contributed by atoms with E-state index < -0.39 is 11.9 Å². The zero-order valence-electron chi connectivity index (χ0n) is 30.1. The van der Waals surface area contributed by atoms with Gasteiger partial charge in [-0.3, -0.25) is 24.5 Å². The molecule has 8 rings (SSSR count). The van der Waals surface area contributed by atoms with E-state index in [-0.39, 0.29) is 29.8 Å². The molecule has 0 bridgehead atoms. The molecule has 0 saturated carbocycles. The van der Waals surface area contributed by atoms with E-state index in [0.29, 0.717) is 48.6 Å². The second-order valence-electron chi connectivity index (χ2n) is 15.2. The van der Waals surface area contributed by atoms with Gasteiger partial charge < -0.3 is 30.7 Å². The van der Waals surface area contributed by atoms with Crippen molar-refractivity contribution in [3.63, 3.8) is 0 Å². The Labute approximate surface area is 309 Å². The van der Waals surface area contributed by atoms with E-state index in [4.69, 9.17) is 5.73 Å². The molecule has 53 heavy (non-hydrogen) atoms. The number of hydrogen-bond donors (Lipinski definition) is 3. The van der Waals surface area contributed by atoms with Crippen LogP contribution in [0.1, 0.15) is 89.3 Å². The summed E-state index contributed by atoms with van der Waals surface area (Å²) in [6, 6.07) is 14.0. The number of carbonyl (C=O) groups excluding carboxylic acids is 4. The van der Waals surface area contributed by atoms with E-state index in [9.17, 15) is 19.2 Å². The third-order valence-corrected chi connectivity index (χ3v) is 11.7. The fourth-order valence-electron chi connectivity index (χ4n) is 8.77. The quantitative estimate of drug-likeness (QED) is 0.278. The molecule has 278 valence electrons. The summed E-state index contributed by atoms with van der Waals surface area (Å²) in [6.45, 7) is 7.47. The van der Waals surface area contributed by atoms with Gasteiger partial charge >= 0.3 is 0 Å². The molecular formula is C39H48N10O4. The number of anilines is 4. The Morgan fingerprint density at radius 3 is 2.40 bits per heavy atom. The number of benzene rings is 2. The number of nitrogens with two attached hydrogens (primary N) is 1. The largest absolute Gasteiger partial charge is 0.371 e. The predicted molar refractivity (Wildman–Crippen MR) is 200 cm³/mol. The first-order valence-electron chi connectivity index (χ1n) is 19.2. The van der Waals surface area contributed by atoms with Gasteiger partial charge in [0.1, 0.15) is 6.04 Å². The summed E-state index contributed by atoms with van der Waals surface area (Å²) in [5.41, 5.74) is 10.6. The molecule has 5 aliphatic rings. The molecule has 6 heterocycles. The highest BCUT2D eigenvalue weighted by molar-refractivity contribution is 6.04. The third kappa shape index (κ3) is 7.55. The Balaban J connectivity index is 0.820. The molecule has 0 aliphatic carbocycles. The highest BCUT2D eigenvalue weighted by Gasteiger charge is 2.37. The van der Waals surface area contributed by atoms with Crippen molar-refractivity contribution in [2.75, 3.05) is 67.5 Å². The van der Waals surface area contributed by atoms with Crippen molar-refractivity contribution in [1.82, 2.24) is 30.3 Å². The number of likely N-dealkylation sites (tertiary alicyclic amines) is 1. The van der Waals surface area contributed by atoms with E-state index in [2.05, 4.69) is 58.7 Å². The van der Waals surface area contributed by atoms with Crippen molar-refractivity contribution in [1.29, 1.82) is 0 Å². The van der Waals surface area contributed by atoms with E-state index in [1.807, 2.05) is 24.3 Å². The fourth-order valence-corrected chi connectivity index (χ4v) is 8.77. The number of nitrogens with one attached hydrogen (secondary N) is 2. The van der Waals surface area contributed by atoms with E-state index in [0.717, 1.165) is 94.9 Å². The molecule has 14 heteroatoms. The molecule has 2 unspecified atom stereocenters. The number of carbonyl (C=O) groups is 4. The summed E-state index contributed by atoms with van der Waals surface area (Å²) >= 11 is 0. The number of amides is 4. The maximum atomic E-state index is 13.4. The summed E-state index contributed by atoms with van der Waals surface area (Å²) in [5.74, 6) is 0.515.